The average Bonchev–Trinajstić information content (AvgIpc) is 3.14. The lowest BCUT2D eigenvalue weighted by atomic mass is 9.60. The van der Waals surface area contributed by atoms with Crippen LogP contribution in [0.25, 0.3) is 0 Å². The summed E-state index contributed by atoms with van der Waals surface area (Å²) in [5, 5.41) is 0. The Balaban J connectivity index is 1.53. The number of likely N-dealkylation sites (tertiary alicyclic amines) is 3. The number of nitrogens with zero attached hydrogens (tertiary/aromatic N) is 3. The average molecular weight is 402 g/mol. The largest absolute Gasteiger partial charge is 0.345 e. The van der Waals surface area contributed by atoms with Gasteiger partial charge in [0.15, 0.2) is 0 Å². The maximum atomic E-state index is 13.3. The molecular weight excluding hydrogens is 369 g/mol. The summed E-state index contributed by atoms with van der Waals surface area (Å²) in [6, 6.07) is 5.78. The van der Waals surface area contributed by atoms with Crippen LogP contribution < -0.4 is 0 Å². The van der Waals surface area contributed by atoms with Crippen molar-refractivity contribution in [2.24, 2.45) is 16.7 Å². The molecule has 5 nitrogen and oxygen atoms in total. The molecule has 0 radical (unpaired) electrons. The summed E-state index contributed by atoms with van der Waals surface area (Å²) < 4.78 is 13.2. The fourth-order valence-electron chi connectivity index (χ4n) is 5.95. The highest BCUT2D eigenvalue weighted by atomic mass is 19.1. The predicted octanol–water partition coefficient (Wildman–Crippen LogP) is 2.87. The Hall–Kier alpha value is -1.95. The zero-order valence-corrected chi connectivity index (χ0v) is 17.8. The molecule has 1 aromatic carbocycles. The first-order chi connectivity index (χ1) is 13.8. The van der Waals surface area contributed by atoms with E-state index in [9.17, 15) is 14.0 Å². The van der Waals surface area contributed by atoms with Gasteiger partial charge in [0.05, 0.1) is 5.41 Å². The Morgan fingerprint density at radius 2 is 1.72 bits per heavy atom. The van der Waals surface area contributed by atoms with E-state index in [2.05, 4.69) is 18.7 Å². The van der Waals surface area contributed by atoms with E-state index in [1.54, 1.807) is 12.1 Å². The number of carbonyl (C=O) groups is 2. The van der Waals surface area contributed by atoms with Gasteiger partial charge in [0.1, 0.15) is 5.82 Å². The second-order valence-corrected chi connectivity index (χ2v) is 9.70. The number of amides is 2. The molecule has 1 atom stereocenters. The summed E-state index contributed by atoms with van der Waals surface area (Å²) >= 11 is 0. The third-order valence-corrected chi connectivity index (χ3v) is 7.39. The molecule has 4 rings (SSSR count). The summed E-state index contributed by atoms with van der Waals surface area (Å²) in [6.07, 6.45) is 2.63. The summed E-state index contributed by atoms with van der Waals surface area (Å²) in [6.45, 7) is 9.40. The van der Waals surface area contributed by atoms with Crippen LogP contribution in [0.5, 0.6) is 0 Å². The van der Waals surface area contributed by atoms with Crippen LogP contribution >= 0.6 is 0 Å². The summed E-state index contributed by atoms with van der Waals surface area (Å²) in [5.41, 5.74) is 0.173. The first-order valence-corrected chi connectivity index (χ1v) is 10.8. The first kappa shape index (κ1) is 20.3. The number of halogens is 1. The number of benzene rings is 1. The Bertz CT molecular complexity index is 786. The minimum absolute atomic E-state index is 0.0409. The topological polar surface area (TPSA) is 43.9 Å². The van der Waals surface area contributed by atoms with Crippen LogP contribution in [0.15, 0.2) is 24.3 Å². The van der Waals surface area contributed by atoms with Crippen molar-refractivity contribution in [3.63, 3.8) is 0 Å². The minimum Gasteiger partial charge on any atom is -0.345 e. The highest BCUT2D eigenvalue weighted by molar-refractivity contribution is 5.94. The Kier molecular flexibility index (Phi) is 5.18. The van der Waals surface area contributed by atoms with Gasteiger partial charge in [-0.05, 0) is 49.4 Å². The smallest absolute Gasteiger partial charge is 0.253 e. The van der Waals surface area contributed by atoms with Gasteiger partial charge in [-0.3, -0.25) is 9.59 Å². The predicted molar refractivity (Wildman–Crippen MR) is 110 cm³/mol. The molecule has 29 heavy (non-hydrogen) atoms. The Labute approximate surface area is 172 Å². The van der Waals surface area contributed by atoms with Gasteiger partial charge in [0.2, 0.25) is 5.91 Å². The minimum atomic E-state index is -0.332. The van der Waals surface area contributed by atoms with E-state index in [0.29, 0.717) is 30.5 Å². The molecular formula is C23H32FN3O2. The van der Waals surface area contributed by atoms with Crippen molar-refractivity contribution < 1.29 is 14.0 Å². The van der Waals surface area contributed by atoms with Gasteiger partial charge < -0.3 is 14.7 Å². The van der Waals surface area contributed by atoms with Gasteiger partial charge in [0.25, 0.3) is 5.91 Å². The van der Waals surface area contributed by atoms with Gasteiger partial charge in [-0.2, -0.15) is 0 Å². The van der Waals surface area contributed by atoms with Gasteiger partial charge in [-0.15, -0.1) is 0 Å². The van der Waals surface area contributed by atoms with Crippen molar-refractivity contribution in [3.05, 3.63) is 35.6 Å². The van der Waals surface area contributed by atoms with Crippen LogP contribution in [0.1, 0.15) is 43.5 Å². The lowest BCUT2D eigenvalue weighted by Gasteiger charge is -2.47. The number of hydrogen-bond acceptors (Lipinski definition) is 3. The van der Waals surface area contributed by atoms with Crippen molar-refractivity contribution in [1.82, 2.24) is 14.7 Å². The van der Waals surface area contributed by atoms with Gasteiger partial charge in [-0.1, -0.05) is 13.8 Å². The summed E-state index contributed by atoms with van der Waals surface area (Å²) in [7, 11) is 1.92. The quantitative estimate of drug-likeness (QED) is 0.782. The van der Waals surface area contributed by atoms with Crippen LogP contribution in [-0.4, -0.2) is 72.8 Å². The molecule has 1 unspecified atom stereocenters. The van der Waals surface area contributed by atoms with Gasteiger partial charge in [0, 0.05) is 57.3 Å². The summed E-state index contributed by atoms with van der Waals surface area (Å²) in [4.78, 5) is 32.4. The molecule has 3 saturated heterocycles. The molecule has 2 spiro atoms. The van der Waals surface area contributed by atoms with E-state index < -0.39 is 0 Å². The van der Waals surface area contributed by atoms with Crippen LogP contribution in [0.3, 0.4) is 0 Å². The van der Waals surface area contributed by atoms with E-state index in [-0.39, 0.29) is 22.6 Å². The van der Waals surface area contributed by atoms with Gasteiger partial charge in [-0.25, -0.2) is 4.39 Å². The second-order valence-electron chi connectivity index (χ2n) is 9.70. The van der Waals surface area contributed by atoms with E-state index >= 15 is 0 Å². The standard InChI is InChI=1S/C23H32FN3O2/c1-17(2)14-26-15-22(23(16-26)10-11-25(3)21(23)29)8-12-27(13-9-22)20(28)18-4-6-19(24)7-5-18/h4-7,17H,8-16H2,1-3H3. The fourth-order valence-corrected chi connectivity index (χ4v) is 5.95. The third kappa shape index (κ3) is 3.35. The van der Waals surface area contributed by atoms with Crippen molar-refractivity contribution in [1.29, 1.82) is 0 Å². The Morgan fingerprint density at radius 1 is 1.07 bits per heavy atom. The van der Waals surface area contributed by atoms with Crippen LogP contribution in [0, 0.1) is 22.6 Å². The molecule has 0 aliphatic carbocycles. The number of hydrogen-bond donors (Lipinski definition) is 0. The van der Waals surface area contributed by atoms with Crippen LogP contribution in [0.4, 0.5) is 4.39 Å². The summed E-state index contributed by atoms with van der Waals surface area (Å²) in [5.74, 6) is 0.487. The van der Waals surface area contributed by atoms with Crippen LogP contribution in [-0.2, 0) is 4.79 Å². The van der Waals surface area contributed by atoms with Gasteiger partial charge >= 0.3 is 0 Å². The molecule has 3 fully saturated rings. The molecule has 0 saturated carbocycles. The lowest BCUT2D eigenvalue weighted by Crippen LogP contribution is -2.53. The molecule has 3 aliphatic rings. The molecule has 3 heterocycles. The van der Waals surface area contributed by atoms with E-state index in [1.165, 1.54) is 12.1 Å². The molecule has 0 bridgehead atoms. The molecule has 0 N–H and O–H groups in total. The lowest BCUT2D eigenvalue weighted by molar-refractivity contribution is -0.141. The SMILES string of the molecule is CC(C)CN1CC2(CCN(C(=O)c3ccc(F)cc3)CC2)C2(CCN(C)C2=O)C1. The van der Waals surface area contributed by atoms with Crippen molar-refractivity contribution in [3.8, 4) is 0 Å². The van der Waals surface area contributed by atoms with E-state index in [1.807, 2.05) is 16.8 Å². The number of carbonyl (C=O) groups excluding carboxylic acids is 2. The highest BCUT2D eigenvalue weighted by Gasteiger charge is 2.64. The molecule has 2 amide bonds. The first-order valence-electron chi connectivity index (χ1n) is 10.8. The zero-order chi connectivity index (χ0) is 20.8. The molecule has 158 valence electrons. The van der Waals surface area contributed by atoms with Crippen molar-refractivity contribution in [2.75, 3.05) is 46.3 Å². The monoisotopic (exact) mass is 401 g/mol. The Morgan fingerprint density at radius 3 is 2.28 bits per heavy atom. The third-order valence-electron chi connectivity index (χ3n) is 7.39. The molecule has 0 aromatic heterocycles. The highest BCUT2D eigenvalue weighted by Crippen LogP contribution is 2.57. The number of fused-ring (bicyclic) bond motifs is 1. The van der Waals surface area contributed by atoms with E-state index in [0.717, 1.165) is 45.4 Å². The number of piperidine rings is 1. The van der Waals surface area contributed by atoms with Crippen LogP contribution in [0.2, 0.25) is 0 Å². The van der Waals surface area contributed by atoms with Crippen molar-refractivity contribution in [2.45, 2.75) is 33.1 Å². The number of rotatable bonds is 3. The van der Waals surface area contributed by atoms with E-state index in [4.69, 9.17) is 0 Å². The zero-order valence-electron chi connectivity index (χ0n) is 17.8. The fraction of sp³-hybridized carbons (Fsp3) is 0.652. The molecule has 1 aromatic rings. The maximum absolute atomic E-state index is 13.3. The maximum Gasteiger partial charge on any atom is 0.253 e. The molecule has 3 aliphatic heterocycles. The van der Waals surface area contributed by atoms with Crippen molar-refractivity contribution >= 4 is 11.8 Å². The molecule has 6 heteroatoms. The normalized spacial score (nSPS) is 27.0. The second kappa shape index (κ2) is 7.38.